The number of nitrogens with one attached hydrogen (secondary N) is 2. The van der Waals surface area contributed by atoms with Gasteiger partial charge in [0.2, 0.25) is 10.0 Å². The predicted octanol–water partition coefficient (Wildman–Crippen LogP) is 1.37. The second-order valence-corrected chi connectivity index (χ2v) is 9.86. The van der Waals surface area contributed by atoms with Crippen molar-refractivity contribution in [3.05, 3.63) is 71.8 Å². The molecule has 3 rings (SSSR count). The molecule has 6 nitrogen and oxygen atoms in total. The van der Waals surface area contributed by atoms with Gasteiger partial charge in [-0.05, 0) is 17.5 Å². The van der Waals surface area contributed by atoms with Crippen molar-refractivity contribution in [3.63, 3.8) is 0 Å². The van der Waals surface area contributed by atoms with Gasteiger partial charge >= 0.3 is 0 Å². The molecular weight excluding hydrogens is 398 g/mol. The van der Waals surface area contributed by atoms with E-state index in [1.807, 2.05) is 60.7 Å². The van der Waals surface area contributed by atoms with E-state index in [1.54, 1.807) is 4.31 Å². The third-order valence-corrected chi connectivity index (χ3v) is 7.39. The smallest absolute Gasteiger partial charge is 0.275 e. The molecule has 0 bridgehead atoms. The van der Waals surface area contributed by atoms with Crippen LogP contribution in [-0.2, 0) is 20.6 Å². The first-order chi connectivity index (χ1) is 14.5. The Morgan fingerprint density at radius 1 is 1.03 bits per heavy atom. The lowest BCUT2D eigenvalue weighted by Crippen LogP contribution is -3.15. The highest BCUT2D eigenvalue weighted by Crippen LogP contribution is 2.17. The summed E-state index contributed by atoms with van der Waals surface area (Å²) < 4.78 is 27.0. The lowest BCUT2D eigenvalue weighted by molar-refractivity contribution is -0.895. The fourth-order valence-corrected chi connectivity index (χ4v) is 5.44. The minimum Gasteiger partial charge on any atom is -0.344 e. The van der Waals surface area contributed by atoms with E-state index in [4.69, 9.17) is 0 Å². The molecular formula is C23H32N3O3S+. The van der Waals surface area contributed by atoms with E-state index >= 15 is 0 Å². The number of rotatable bonds is 9. The average Bonchev–Trinajstić information content (AvgIpc) is 2.75. The SMILES string of the molecule is CCC[C@@H](NC(=O)C[NH+]1CCN(S(=O)(=O)Cc2ccccc2)CC1)c1ccccc1. The number of sulfonamides is 1. The standard InChI is InChI=1S/C23H31N3O3S/c1-2-9-22(21-12-7-4-8-13-21)24-23(27)18-25-14-16-26(17-15-25)30(28,29)19-20-10-5-3-6-11-20/h3-8,10-13,22H,2,9,14-19H2,1H3,(H,24,27)/p+1/t22-/m1/s1. The zero-order valence-corrected chi connectivity index (χ0v) is 18.4. The van der Waals surface area contributed by atoms with Crippen molar-refractivity contribution in [1.29, 1.82) is 0 Å². The van der Waals surface area contributed by atoms with Crippen LogP contribution in [0.25, 0.3) is 0 Å². The topological polar surface area (TPSA) is 70.9 Å². The molecule has 2 aromatic carbocycles. The summed E-state index contributed by atoms with van der Waals surface area (Å²) in [6, 6.07) is 19.3. The van der Waals surface area contributed by atoms with Gasteiger partial charge in [-0.1, -0.05) is 74.0 Å². The number of benzene rings is 2. The van der Waals surface area contributed by atoms with E-state index in [0.717, 1.165) is 28.9 Å². The van der Waals surface area contributed by atoms with E-state index < -0.39 is 10.0 Å². The highest BCUT2D eigenvalue weighted by molar-refractivity contribution is 7.88. The van der Waals surface area contributed by atoms with Crippen LogP contribution in [0.3, 0.4) is 0 Å². The van der Waals surface area contributed by atoms with Crippen LogP contribution in [0.15, 0.2) is 60.7 Å². The van der Waals surface area contributed by atoms with Crippen molar-refractivity contribution in [2.24, 2.45) is 0 Å². The van der Waals surface area contributed by atoms with E-state index in [2.05, 4.69) is 12.2 Å². The Morgan fingerprint density at radius 2 is 1.63 bits per heavy atom. The van der Waals surface area contributed by atoms with Gasteiger partial charge in [-0.15, -0.1) is 0 Å². The molecule has 1 heterocycles. The molecule has 0 radical (unpaired) electrons. The molecule has 1 amide bonds. The van der Waals surface area contributed by atoms with E-state index in [1.165, 1.54) is 0 Å². The predicted molar refractivity (Wildman–Crippen MR) is 118 cm³/mol. The monoisotopic (exact) mass is 430 g/mol. The van der Waals surface area contributed by atoms with Crippen molar-refractivity contribution in [3.8, 4) is 0 Å². The van der Waals surface area contributed by atoms with Gasteiger partial charge in [-0.3, -0.25) is 4.79 Å². The Morgan fingerprint density at radius 3 is 2.23 bits per heavy atom. The first-order valence-corrected chi connectivity index (χ1v) is 12.3. The van der Waals surface area contributed by atoms with Crippen molar-refractivity contribution >= 4 is 15.9 Å². The molecule has 2 aromatic rings. The number of nitrogens with zero attached hydrogens (tertiary/aromatic N) is 1. The quantitative estimate of drug-likeness (QED) is 0.631. The molecule has 0 spiro atoms. The highest BCUT2D eigenvalue weighted by Gasteiger charge is 2.30. The molecule has 30 heavy (non-hydrogen) atoms. The molecule has 1 atom stereocenters. The summed E-state index contributed by atoms with van der Waals surface area (Å²) in [4.78, 5) is 13.8. The Labute approximate surface area is 179 Å². The Hall–Kier alpha value is -2.22. The maximum absolute atomic E-state index is 12.7. The van der Waals surface area contributed by atoms with Crippen LogP contribution in [0.1, 0.15) is 36.9 Å². The molecule has 1 aliphatic rings. The third-order valence-electron chi connectivity index (χ3n) is 5.54. The maximum Gasteiger partial charge on any atom is 0.275 e. The summed E-state index contributed by atoms with van der Waals surface area (Å²) in [6.45, 7) is 4.68. The first kappa shape index (κ1) is 22.5. The van der Waals surface area contributed by atoms with Crippen LogP contribution in [0, 0.1) is 0 Å². The summed E-state index contributed by atoms with van der Waals surface area (Å²) >= 11 is 0. The van der Waals surface area contributed by atoms with Gasteiger partial charge in [0.25, 0.3) is 5.91 Å². The van der Waals surface area contributed by atoms with Crippen LogP contribution in [0.5, 0.6) is 0 Å². The van der Waals surface area contributed by atoms with Gasteiger partial charge in [0.1, 0.15) is 0 Å². The molecule has 0 aromatic heterocycles. The third kappa shape index (κ3) is 6.39. The summed E-state index contributed by atoms with van der Waals surface area (Å²) in [6.07, 6.45) is 1.89. The summed E-state index contributed by atoms with van der Waals surface area (Å²) in [5.41, 5.74) is 1.93. The van der Waals surface area contributed by atoms with Gasteiger partial charge < -0.3 is 10.2 Å². The van der Waals surface area contributed by atoms with Crippen LogP contribution in [-0.4, -0.2) is 51.4 Å². The maximum atomic E-state index is 12.7. The summed E-state index contributed by atoms with van der Waals surface area (Å²) in [5, 5.41) is 3.16. The van der Waals surface area contributed by atoms with Gasteiger partial charge in [0.15, 0.2) is 6.54 Å². The van der Waals surface area contributed by atoms with Crippen molar-refractivity contribution < 1.29 is 18.1 Å². The van der Waals surface area contributed by atoms with Crippen LogP contribution in [0.2, 0.25) is 0 Å². The highest BCUT2D eigenvalue weighted by atomic mass is 32.2. The minimum absolute atomic E-state index is 0.0212. The van der Waals surface area contributed by atoms with Gasteiger partial charge in [0.05, 0.1) is 38.0 Å². The lowest BCUT2D eigenvalue weighted by Gasteiger charge is -2.31. The zero-order chi connectivity index (χ0) is 21.4. The molecule has 1 saturated heterocycles. The van der Waals surface area contributed by atoms with E-state index in [9.17, 15) is 13.2 Å². The number of amides is 1. The summed E-state index contributed by atoms with van der Waals surface area (Å²) in [7, 11) is -3.33. The molecule has 162 valence electrons. The van der Waals surface area contributed by atoms with Crippen LogP contribution < -0.4 is 10.2 Å². The number of piperazine rings is 1. The number of hydrogen-bond acceptors (Lipinski definition) is 3. The molecule has 2 N–H and O–H groups in total. The van der Waals surface area contributed by atoms with Crippen molar-refractivity contribution in [2.45, 2.75) is 31.6 Å². The largest absolute Gasteiger partial charge is 0.344 e. The second kappa shape index (κ2) is 10.7. The average molecular weight is 431 g/mol. The second-order valence-electron chi connectivity index (χ2n) is 7.89. The van der Waals surface area contributed by atoms with Crippen molar-refractivity contribution in [2.75, 3.05) is 32.7 Å². The minimum atomic E-state index is -3.33. The molecule has 1 aliphatic heterocycles. The zero-order valence-electron chi connectivity index (χ0n) is 17.6. The Balaban J connectivity index is 1.49. The van der Waals surface area contributed by atoms with Gasteiger partial charge in [-0.25, -0.2) is 8.42 Å². The normalized spacial score (nSPS) is 16.8. The number of carbonyl (C=O) groups excluding carboxylic acids is 1. The van der Waals surface area contributed by atoms with E-state index in [0.29, 0.717) is 32.7 Å². The molecule has 0 saturated carbocycles. The fourth-order valence-electron chi connectivity index (χ4n) is 3.90. The molecule has 0 aliphatic carbocycles. The number of carbonyl (C=O) groups is 1. The van der Waals surface area contributed by atoms with Crippen LogP contribution >= 0.6 is 0 Å². The fraction of sp³-hybridized carbons (Fsp3) is 0.435. The van der Waals surface area contributed by atoms with Crippen molar-refractivity contribution in [1.82, 2.24) is 9.62 Å². The molecule has 0 unspecified atom stereocenters. The Kier molecular flexibility index (Phi) is 8.01. The summed E-state index contributed by atoms with van der Waals surface area (Å²) in [5.74, 6) is 0.0484. The van der Waals surface area contributed by atoms with Gasteiger partial charge in [-0.2, -0.15) is 4.31 Å². The van der Waals surface area contributed by atoms with Crippen LogP contribution in [0.4, 0.5) is 0 Å². The number of hydrogen-bond donors (Lipinski definition) is 2. The molecule has 1 fully saturated rings. The van der Waals surface area contributed by atoms with Gasteiger partial charge in [0, 0.05) is 0 Å². The molecule has 7 heteroatoms. The first-order valence-electron chi connectivity index (χ1n) is 10.7. The van der Waals surface area contributed by atoms with E-state index in [-0.39, 0.29) is 17.7 Å². The lowest BCUT2D eigenvalue weighted by atomic mass is 10.0. The number of quaternary nitrogens is 1. The Bertz CT molecular complexity index is 896.